The van der Waals surface area contributed by atoms with Crippen molar-refractivity contribution in [1.29, 1.82) is 0 Å². The van der Waals surface area contributed by atoms with Gasteiger partial charge in [-0.3, -0.25) is 0 Å². The van der Waals surface area contributed by atoms with Crippen LogP contribution in [0.3, 0.4) is 0 Å². The molecule has 7 heteroatoms. The van der Waals surface area contributed by atoms with Gasteiger partial charge >= 0.3 is 5.97 Å². The zero-order valence-corrected chi connectivity index (χ0v) is 15.9. The number of rotatable bonds is 5. The molecule has 27 heavy (non-hydrogen) atoms. The van der Waals surface area contributed by atoms with Crippen LogP contribution >= 0.6 is 11.6 Å². The second-order valence-electron chi connectivity index (χ2n) is 5.77. The van der Waals surface area contributed by atoms with Crippen LogP contribution in [0.2, 0.25) is 5.02 Å². The standard InChI is InChI=1S/C20H16ClNO4S/c1-15-7-13-19(14-8-15)27(24,25)22(18-11-9-17(21)10-12-18)26-20(23)16-5-3-2-4-6-16/h2-14H,1H3. The van der Waals surface area contributed by atoms with Crippen molar-refractivity contribution in [2.45, 2.75) is 11.8 Å². The number of anilines is 1. The highest BCUT2D eigenvalue weighted by molar-refractivity contribution is 7.92. The van der Waals surface area contributed by atoms with Crippen LogP contribution < -0.4 is 4.47 Å². The van der Waals surface area contributed by atoms with Crippen molar-refractivity contribution in [2.75, 3.05) is 4.47 Å². The summed E-state index contributed by atoms with van der Waals surface area (Å²) in [6.45, 7) is 1.85. The molecule has 0 atom stereocenters. The van der Waals surface area contributed by atoms with E-state index < -0.39 is 16.0 Å². The van der Waals surface area contributed by atoms with E-state index in [4.69, 9.17) is 16.4 Å². The summed E-state index contributed by atoms with van der Waals surface area (Å²) >= 11 is 5.89. The number of hydrogen-bond acceptors (Lipinski definition) is 4. The molecule has 0 saturated carbocycles. The molecule has 3 rings (SSSR count). The number of carbonyl (C=O) groups is 1. The average Bonchev–Trinajstić information content (AvgIpc) is 2.68. The Labute approximate surface area is 162 Å². The Balaban J connectivity index is 2.03. The third kappa shape index (κ3) is 4.30. The summed E-state index contributed by atoms with van der Waals surface area (Å²) < 4.78 is 26.8. The number of nitrogens with zero attached hydrogens (tertiary/aromatic N) is 1. The minimum Gasteiger partial charge on any atom is -0.320 e. The third-order valence-corrected chi connectivity index (χ3v) is 5.59. The van der Waals surface area contributed by atoms with Crippen molar-refractivity contribution in [3.63, 3.8) is 0 Å². The molecule has 3 aromatic rings. The molecule has 0 unspecified atom stereocenters. The van der Waals surface area contributed by atoms with Crippen LogP contribution in [-0.4, -0.2) is 14.4 Å². The quantitative estimate of drug-likeness (QED) is 0.585. The summed E-state index contributed by atoms with van der Waals surface area (Å²) in [7, 11) is -4.14. The predicted octanol–water partition coefficient (Wildman–Crippen LogP) is 4.62. The van der Waals surface area contributed by atoms with Gasteiger partial charge < -0.3 is 4.84 Å². The van der Waals surface area contributed by atoms with Crippen LogP contribution in [0.15, 0.2) is 83.8 Å². The largest absolute Gasteiger partial charge is 0.364 e. The maximum atomic E-state index is 13.1. The number of hydrogen-bond donors (Lipinski definition) is 0. The van der Waals surface area contributed by atoms with Crippen LogP contribution in [0.25, 0.3) is 0 Å². The van der Waals surface area contributed by atoms with Crippen LogP contribution in [0, 0.1) is 6.92 Å². The highest BCUT2D eigenvalue weighted by Gasteiger charge is 2.29. The molecule has 0 aliphatic heterocycles. The van der Waals surface area contributed by atoms with Gasteiger partial charge in [-0.05, 0) is 55.5 Å². The van der Waals surface area contributed by atoms with E-state index >= 15 is 0 Å². The number of halogens is 1. The van der Waals surface area contributed by atoms with Crippen molar-refractivity contribution in [2.24, 2.45) is 0 Å². The van der Waals surface area contributed by atoms with E-state index in [1.165, 1.54) is 36.4 Å². The third-order valence-electron chi connectivity index (χ3n) is 3.75. The topological polar surface area (TPSA) is 63.7 Å². The smallest absolute Gasteiger partial charge is 0.320 e. The Morgan fingerprint density at radius 2 is 1.48 bits per heavy atom. The summed E-state index contributed by atoms with van der Waals surface area (Å²) in [5.74, 6) is -0.791. The van der Waals surface area contributed by atoms with Gasteiger partial charge in [0.15, 0.2) is 0 Å². The molecule has 0 saturated heterocycles. The molecule has 0 aliphatic rings. The van der Waals surface area contributed by atoms with Crippen molar-refractivity contribution >= 4 is 33.3 Å². The van der Waals surface area contributed by atoms with Gasteiger partial charge in [-0.1, -0.05) is 52.0 Å². The number of aryl methyl sites for hydroxylation is 1. The minimum atomic E-state index is -4.14. The zero-order valence-electron chi connectivity index (χ0n) is 14.4. The Bertz CT molecular complexity index is 1030. The van der Waals surface area contributed by atoms with E-state index in [2.05, 4.69) is 0 Å². The van der Waals surface area contributed by atoms with Gasteiger partial charge in [0.05, 0.1) is 16.1 Å². The number of benzene rings is 3. The SMILES string of the molecule is Cc1ccc(S(=O)(=O)N(OC(=O)c2ccccc2)c2ccc(Cl)cc2)cc1. The van der Waals surface area contributed by atoms with Crippen LogP contribution in [0.1, 0.15) is 15.9 Å². The number of sulfonamides is 1. The highest BCUT2D eigenvalue weighted by Crippen LogP contribution is 2.26. The fourth-order valence-electron chi connectivity index (χ4n) is 2.31. The fourth-order valence-corrected chi connectivity index (χ4v) is 3.67. The van der Waals surface area contributed by atoms with Gasteiger partial charge in [0.1, 0.15) is 0 Å². The van der Waals surface area contributed by atoms with Crippen LogP contribution in [0.5, 0.6) is 0 Å². The fraction of sp³-hybridized carbons (Fsp3) is 0.0500. The van der Waals surface area contributed by atoms with E-state index in [9.17, 15) is 13.2 Å². The molecule has 0 radical (unpaired) electrons. The molecular formula is C20H16ClNO4S. The second-order valence-corrected chi connectivity index (χ2v) is 7.96. The zero-order chi connectivity index (χ0) is 19.4. The first kappa shape index (κ1) is 18.9. The maximum absolute atomic E-state index is 13.1. The van der Waals surface area contributed by atoms with Gasteiger partial charge in [-0.2, -0.15) is 8.42 Å². The molecular weight excluding hydrogens is 386 g/mol. The highest BCUT2D eigenvalue weighted by atomic mass is 35.5. The van der Waals surface area contributed by atoms with Crippen LogP contribution in [-0.2, 0) is 14.9 Å². The molecule has 0 fully saturated rings. The normalized spacial score (nSPS) is 11.0. The predicted molar refractivity (Wildman–Crippen MR) is 104 cm³/mol. The molecule has 0 aromatic heterocycles. The van der Waals surface area contributed by atoms with Gasteiger partial charge in [0.25, 0.3) is 10.0 Å². The Morgan fingerprint density at radius 3 is 2.07 bits per heavy atom. The molecule has 0 bridgehead atoms. The second kappa shape index (κ2) is 7.82. The Morgan fingerprint density at radius 1 is 0.889 bits per heavy atom. The summed E-state index contributed by atoms with van der Waals surface area (Å²) in [5, 5.41) is 0.431. The molecule has 0 spiro atoms. The van der Waals surface area contributed by atoms with Crippen LogP contribution in [0.4, 0.5) is 5.69 Å². The van der Waals surface area contributed by atoms with Gasteiger partial charge in [0, 0.05) is 5.02 Å². The number of carbonyl (C=O) groups excluding carboxylic acids is 1. The van der Waals surface area contributed by atoms with Gasteiger partial charge in [-0.15, -0.1) is 0 Å². The molecule has 3 aromatic carbocycles. The van der Waals surface area contributed by atoms with Crippen molar-refractivity contribution in [1.82, 2.24) is 0 Å². The van der Waals surface area contributed by atoms with Gasteiger partial charge in [0.2, 0.25) is 0 Å². The van der Waals surface area contributed by atoms with E-state index in [1.54, 1.807) is 42.5 Å². The van der Waals surface area contributed by atoms with E-state index in [0.29, 0.717) is 9.49 Å². The lowest BCUT2D eigenvalue weighted by Crippen LogP contribution is -2.33. The monoisotopic (exact) mass is 401 g/mol. The van der Waals surface area contributed by atoms with E-state index in [-0.39, 0.29) is 16.1 Å². The lowest BCUT2D eigenvalue weighted by Gasteiger charge is -2.22. The molecule has 5 nitrogen and oxygen atoms in total. The summed E-state index contributed by atoms with van der Waals surface area (Å²) in [4.78, 5) is 17.8. The first-order chi connectivity index (χ1) is 12.9. The summed E-state index contributed by atoms with van der Waals surface area (Å²) in [6, 6.07) is 20.4. The van der Waals surface area contributed by atoms with E-state index in [0.717, 1.165) is 5.56 Å². The Kier molecular flexibility index (Phi) is 5.48. The Hall–Kier alpha value is -2.83. The molecule has 0 aliphatic carbocycles. The average molecular weight is 402 g/mol. The first-order valence-corrected chi connectivity index (χ1v) is 9.84. The first-order valence-electron chi connectivity index (χ1n) is 8.03. The molecule has 138 valence electrons. The lowest BCUT2D eigenvalue weighted by molar-refractivity contribution is 0.0528. The lowest BCUT2D eigenvalue weighted by atomic mass is 10.2. The van der Waals surface area contributed by atoms with Crippen molar-refractivity contribution in [3.05, 3.63) is 95.0 Å². The molecule has 0 heterocycles. The minimum absolute atomic E-state index is 0.00362. The maximum Gasteiger partial charge on any atom is 0.364 e. The molecule has 0 amide bonds. The van der Waals surface area contributed by atoms with Crippen molar-refractivity contribution in [3.8, 4) is 0 Å². The van der Waals surface area contributed by atoms with Gasteiger partial charge in [-0.25, -0.2) is 4.79 Å². The molecule has 0 N–H and O–H groups in total. The summed E-state index contributed by atoms with van der Waals surface area (Å²) in [6.07, 6.45) is 0. The van der Waals surface area contributed by atoms with E-state index in [1.807, 2.05) is 6.92 Å². The van der Waals surface area contributed by atoms with Crippen molar-refractivity contribution < 1.29 is 18.0 Å². The summed E-state index contributed by atoms with van der Waals surface area (Å²) in [5.41, 5.74) is 1.30.